The summed E-state index contributed by atoms with van der Waals surface area (Å²) in [7, 11) is 0. The van der Waals surface area contributed by atoms with Crippen molar-refractivity contribution >= 4 is 23.1 Å². The van der Waals surface area contributed by atoms with Gasteiger partial charge in [0.1, 0.15) is 11.6 Å². The van der Waals surface area contributed by atoms with Gasteiger partial charge in [-0.05, 0) is 30.3 Å². The number of aromatic nitrogens is 2. The highest BCUT2D eigenvalue weighted by Crippen LogP contribution is 2.22. The first-order chi connectivity index (χ1) is 12.8. The minimum atomic E-state index is -0.169. The van der Waals surface area contributed by atoms with Crippen LogP contribution in [0.3, 0.4) is 0 Å². The van der Waals surface area contributed by atoms with Crippen LogP contribution in [0.2, 0.25) is 0 Å². The van der Waals surface area contributed by atoms with Crippen molar-refractivity contribution < 1.29 is 4.39 Å². The minimum absolute atomic E-state index is 0.169. The number of hydrogen-bond donors (Lipinski definition) is 1. The predicted molar refractivity (Wildman–Crippen MR) is 103 cm³/mol. The molecule has 1 aliphatic heterocycles. The second-order valence-electron chi connectivity index (χ2n) is 6.15. The number of anilines is 4. The second-order valence-corrected chi connectivity index (χ2v) is 6.15. The molecule has 132 valence electrons. The van der Waals surface area contributed by atoms with Crippen LogP contribution in [0.25, 0.3) is 0 Å². The first-order valence-corrected chi connectivity index (χ1v) is 8.69. The third kappa shape index (κ3) is 3.59. The molecule has 1 aliphatic rings. The van der Waals surface area contributed by atoms with Crippen LogP contribution in [0.4, 0.5) is 27.5 Å². The van der Waals surface area contributed by atoms with Crippen LogP contribution in [0, 0.1) is 5.82 Å². The Hall–Kier alpha value is -3.15. The first kappa shape index (κ1) is 16.3. The van der Waals surface area contributed by atoms with Crippen molar-refractivity contribution in [2.24, 2.45) is 0 Å². The van der Waals surface area contributed by atoms with Gasteiger partial charge in [0.2, 0.25) is 5.95 Å². The normalized spacial score (nSPS) is 14.3. The standard InChI is InChI=1S/C20H20FN5/c21-17-8-4-5-9-18(17)25-12-14-26(15-13-25)19-10-11-22-20(24-19)23-16-6-2-1-3-7-16/h1-11H,12-15H2,(H,22,23,24). The van der Waals surface area contributed by atoms with Gasteiger partial charge in [0.25, 0.3) is 0 Å². The lowest BCUT2D eigenvalue weighted by molar-refractivity contribution is 0.596. The van der Waals surface area contributed by atoms with Crippen molar-refractivity contribution in [3.63, 3.8) is 0 Å². The van der Waals surface area contributed by atoms with Gasteiger partial charge in [0.05, 0.1) is 5.69 Å². The summed E-state index contributed by atoms with van der Waals surface area (Å²) in [5.41, 5.74) is 1.62. The summed E-state index contributed by atoms with van der Waals surface area (Å²) >= 11 is 0. The van der Waals surface area contributed by atoms with Gasteiger partial charge in [-0.2, -0.15) is 4.98 Å². The monoisotopic (exact) mass is 349 g/mol. The molecule has 1 N–H and O–H groups in total. The smallest absolute Gasteiger partial charge is 0.229 e. The van der Waals surface area contributed by atoms with Crippen LogP contribution in [-0.2, 0) is 0 Å². The molecule has 4 rings (SSSR count). The summed E-state index contributed by atoms with van der Waals surface area (Å²) in [4.78, 5) is 13.2. The topological polar surface area (TPSA) is 44.3 Å². The summed E-state index contributed by atoms with van der Waals surface area (Å²) in [5.74, 6) is 1.29. The fraction of sp³-hybridized carbons (Fsp3) is 0.200. The molecule has 0 aliphatic carbocycles. The Morgan fingerprint density at radius 2 is 1.50 bits per heavy atom. The fourth-order valence-electron chi connectivity index (χ4n) is 3.12. The molecular weight excluding hydrogens is 329 g/mol. The quantitative estimate of drug-likeness (QED) is 0.778. The maximum atomic E-state index is 14.0. The van der Waals surface area contributed by atoms with Gasteiger partial charge in [-0.1, -0.05) is 30.3 Å². The number of hydrogen-bond acceptors (Lipinski definition) is 5. The summed E-state index contributed by atoms with van der Waals surface area (Å²) in [5, 5.41) is 3.22. The molecular formula is C20H20FN5. The Morgan fingerprint density at radius 3 is 2.27 bits per heavy atom. The highest BCUT2D eigenvalue weighted by molar-refractivity contribution is 5.55. The van der Waals surface area contributed by atoms with Gasteiger partial charge in [-0.3, -0.25) is 0 Å². The average Bonchev–Trinajstić information content (AvgIpc) is 2.70. The first-order valence-electron chi connectivity index (χ1n) is 8.69. The predicted octanol–water partition coefficient (Wildman–Crippen LogP) is 3.69. The van der Waals surface area contributed by atoms with Crippen LogP contribution in [0.5, 0.6) is 0 Å². The average molecular weight is 349 g/mol. The zero-order chi connectivity index (χ0) is 17.8. The van der Waals surface area contributed by atoms with Gasteiger partial charge in [-0.25, -0.2) is 9.37 Å². The fourth-order valence-corrected chi connectivity index (χ4v) is 3.12. The lowest BCUT2D eigenvalue weighted by Crippen LogP contribution is -2.47. The number of rotatable bonds is 4. The number of piperazine rings is 1. The molecule has 0 atom stereocenters. The molecule has 0 unspecified atom stereocenters. The summed E-state index contributed by atoms with van der Waals surface area (Å²) in [6.45, 7) is 3.09. The van der Waals surface area contributed by atoms with Gasteiger partial charge >= 0.3 is 0 Å². The zero-order valence-corrected chi connectivity index (χ0v) is 14.3. The molecule has 1 saturated heterocycles. The van der Waals surface area contributed by atoms with E-state index in [1.54, 1.807) is 12.3 Å². The Morgan fingerprint density at radius 1 is 0.808 bits per heavy atom. The van der Waals surface area contributed by atoms with Crippen molar-refractivity contribution in [2.45, 2.75) is 0 Å². The highest BCUT2D eigenvalue weighted by atomic mass is 19.1. The van der Waals surface area contributed by atoms with Gasteiger partial charge in [0, 0.05) is 38.1 Å². The van der Waals surface area contributed by atoms with Gasteiger partial charge in [-0.15, -0.1) is 0 Å². The Labute approximate surface area is 152 Å². The van der Waals surface area contributed by atoms with Crippen LogP contribution in [0.15, 0.2) is 66.9 Å². The van der Waals surface area contributed by atoms with E-state index in [1.807, 2.05) is 48.5 Å². The van der Waals surface area contributed by atoms with E-state index in [2.05, 4.69) is 25.1 Å². The summed E-state index contributed by atoms with van der Waals surface area (Å²) in [6.07, 6.45) is 1.76. The largest absolute Gasteiger partial charge is 0.366 e. The van der Waals surface area contributed by atoms with Crippen LogP contribution >= 0.6 is 0 Å². The van der Waals surface area contributed by atoms with Crippen molar-refractivity contribution in [3.8, 4) is 0 Å². The maximum Gasteiger partial charge on any atom is 0.229 e. The van der Waals surface area contributed by atoms with Gasteiger partial charge in [0.15, 0.2) is 0 Å². The lowest BCUT2D eigenvalue weighted by atomic mass is 10.2. The third-order valence-electron chi connectivity index (χ3n) is 4.47. The molecule has 6 heteroatoms. The molecule has 0 radical (unpaired) electrons. The van der Waals surface area contributed by atoms with E-state index >= 15 is 0 Å². The molecule has 2 heterocycles. The zero-order valence-electron chi connectivity index (χ0n) is 14.3. The summed E-state index contributed by atoms with van der Waals surface area (Å²) < 4.78 is 14.0. The van der Waals surface area contributed by atoms with E-state index in [-0.39, 0.29) is 5.82 Å². The Kier molecular flexibility index (Phi) is 4.64. The molecule has 0 spiro atoms. The van der Waals surface area contributed by atoms with E-state index in [0.717, 1.165) is 37.7 Å². The highest BCUT2D eigenvalue weighted by Gasteiger charge is 2.20. The molecule has 0 bridgehead atoms. The molecule has 0 amide bonds. The van der Waals surface area contributed by atoms with Crippen LogP contribution in [0.1, 0.15) is 0 Å². The second kappa shape index (κ2) is 7.39. The van der Waals surface area contributed by atoms with Crippen LogP contribution in [-0.4, -0.2) is 36.1 Å². The number of nitrogens with zero attached hydrogens (tertiary/aromatic N) is 4. The molecule has 3 aromatic rings. The van der Waals surface area contributed by atoms with Crippen molar-refractivity contribution in [3.05, 3.63) is 72.7 Å². The number of para-hydroxylation sites is 2. The Balaban J connectivity index is 1.43. The van der Waals surface area contributed by atoms with E-state index in [0.29, 0.717) is 11.6 Å². The molecule has 0 saturated carbocycles. The SMILES string of the molecule is Fc1ccccc1N1CCN(c2ccnc(Nc3ccccc3)n2)CC1. The molecule has 1 fully saturated rings. The van der Waals surface area contributed by atoms with Crippen molar-refractivity contribution in [2.75, 3.05) is 41.3 Å². The number of halogens is 1. The van der Waals surface area contributed by atoms with Crippen LogP contribution < -0.4 is 15.1 Å². The van der Waals surface area contributed by atoms with E-state index in [9.17, 15) is 4.39 Å². The number of nitrogens with one attached hydrogen (secondary N) is 1. The van der Waals surface area contributed by atoms with E-state index in [1.165, 1.54) is 6.07 Å². The third-order valence-corrected chi connectivity index (χ3v) is 4.47. The van der Waals surface area contributed by atoms with E-state index < -0.39 is 0 Å². The van der Waals surface area contributed by atoms with Gasteiger partial charge < -0.3 is 15.1 Å². The minimum Gasteiger partial charge on any atom is -0.366 e. The van der Waals surface area contributed by atoms with Crippen molar-refractivity contribution in [1.82, 2.24) is 9.97 Å². The number of benzene rings is 2. The van der Waals surface area contributed by atoms with E-state index in [4.69, 9.17) is 0 Å². The molecule has 1 aromatic heterocycles. The molecule has 5 nitrogen and oxygen atoms in total. The molecule has 2 aromatic carbocycles. The molecule has 26 heavy (non-hydrogen) atoms. The lowest BCUT2D eigenvalue weighted by Gasteiger charge is -2.36. The maximum absolute atomic E-state index is 14.0. The Bertz CT molecular complexity index is 863. The van der Waals surface area contributed by atoms with Crippen molar-refractivity contribution in [1.29, 1.82) is 0 Å². The summed E-state index contributed by atoms with van der Waals surface area (Å²) in [6, 6.07) is 18.7.